The first-order valence-corrected chi connectivity index (χ1v) is 6.93. The number of fused-ring (bicyclic) bond motifs is 1. The van der Waals surface area contributed by atoms with Crippen LogP contribution in [0.3, 0.4) is 0 Å². The maximum Gasteiger partial charge on any atom is 0.313 e. The predicted octanol–water partition coefficient (Wildman–Crippen LogP) is 4.76. The van der Waals surface area contributed by atoms with Crippen LogP contribution in [0.5, 0.6) is 0 Å². The molecule has 0 fully saturated rings. The Hall–Kier alpha value is -2.18. The summed E-state index contributed by atoms with van der Waals surface area (Å²) < 4.78 is 67.6. The predicted molar refractivity (Wildman–Crippen MR) is 73.4 cm³/mol. The molecule has 1 aliphatic heterocycles. The summed E-state index contributed by atoms with van der Waals surface area (Å²) in [5.41, 5.74) is 0.0620. The minimum Gasteiger partial charge on any atom is -0.337 e. The molecule has 122 valence electrons. The van der Waals surface area contributed by atoms with Gasteiger partial charge in [0.15, 0.2) is 0 Å². The number of Topliss-reactive ketones (excluding diaryl/α,β-unsaturated/α-hetero) is 1. The zero-order chi connectivity index (χ0) is 16.9. The fourth-order valence-corrected chi connectivity index (χ4v) is 2.87. The van der Waals surface area contributed by atoms with Gasteiger partial charge in [0.2, 0.25) is 5.78 Å². The third kappa shape index (κ3) is 2.44. The van der Waals surface area contributed by atoms with Gasteiger partial charge in [-0.3, -0.25) is 4.79 Å². The lowest BCUT2D eigenvalue weighted by Crippen LogP contribution is -2.37. The van der Waals surface area contributed by atoms with E-state index in [1.54, 1.807) is 0 Å². The van der Waals surface area contributed by atoms with Crippen LogP contribution in [0.4, 0.5) is 22.0 Å². The molecule has 23 heavy (non-hydrogen) atoms. The van der Waals surface area contributed by atoms with E-state index < -0.39 is 35.9 Å². The molecule has 0 saturated heterocycles. The average Bonchev–Trinajstić information content (AvgIpc) is 2.81. The van der Waals surface area contributed by atoms with Crippen LogP contribution in [0.1, 0.15) is 34.5 Å². The lowest BCUT2D eigenvalue weighted by molar-refractivity contribution is -0.00429. The number of benzene rings is 1. The molecule has 7 heteroatoms. The number of nitrogens with zero attached hydrogens (tertiary/aromatic N) is 1. The fraction of sp³-hybridized carbons (Fsp3) is 0.312. The Morgan fingerprint density at radius 2 is 1.91 bits per heavy atom. The Balaban J connectivity index is 2.16. The Bertz CT molecular complexity index is 794. The molecule has 2 aromatic rings. The highest BCUT2D eigenvalue weighted by Crippen LogP contribution is 2.37. The first-order chi connectivity index (χ1) is 10.7. The zero-order valence-electron chi connectivity index (χ0n) is 12.0. The minimum atomic E-state index is -3.42. The second-order valence-electron chi connectivity index (χ2n) is 5.53. The van der Waals surface area contributed by atoms with Gasteiger partial charge in [0.05, 0.1) is 11.3 Å². The number of ketones is 1. The van der Waals surface area contributed by atoms with Gasteiger partial charge >= 0.3 is 5.92 Å². The third-order valence-corrected chi connectivity index (χ3v) is 4.01. The van der Waals surface area contributed by atoms with E-state index in [1.165, 1.54) is 23.6 Å². The molecule has 0 radical (unpaired) electrons. The summed E-state index contributed by atoms with van der Waals surface area (Å²) in [5, 5.41) is 0. The van der Waals surface area contributed by atoms with Crippen molar-refractivity contribution in [2.24, 2.45) is 0 Å². The molecular weight excluding hydrogens is 317 g/mol. The van der Waals surface area contributed by atoms with Gasteiger partial charge in [0.1, 0.15) is 5.82 Å². The van der Waals surface area contributed by atoms with Gasteiger partial charge < -0.3 is 4.57 Å². The normalized spacial score (nSPS) is 16.7. The molecule has 2 heterocycles. The van der Waals surface area contributed by atoms with E-state index in [2.05, 4.69) is 0 Å². The van der Waals surface area contributed by atoms with Gasteiger partial charge in [0.25, 0.3) is 6.43 Å². The van der Waals surface area contributed by atoms with Crippen LogP contribution < -0.4 is 0 Å². The van der Waals surface area contributed by atoms with Gasteiger partial charge in [-0.25, -0.2) is 13.2 Å². The third-order valence-electron chi connectivity index (χ3n) is 4.01. The quantitative estimate of drug-likeness (QED) is 0.728. The van der Waals surface area contributed by atoms with Gasteiger partial charge in [-0.1, -0.05) is 0 Å². The van der Waals surface area contributed by atoms with Crippen molar-refractivity contribution in [3.8, 4) is 11.3 Å². The van der Waals surface area contributed by atoms with Crippen LogP contribution in [0, 0.1) is 12.7 Å². The van der Waals surface area contributed by atoms with E-state index in [-0.39, 0.29) is 17.8 Å². The number of carbonyl (C=O) groups excluding carboxylic acids is 1. The SMILES string of the molecule is Cc1cc(-c2ccc(F)c(C(F)F)c2)n2c1C(=O)C(F)(F)CC2. The number of carbonyl (C=O) groups is 1. The second-order valence-corrected chi connectivity index (χ2v) is 5.53. The van der Waals surface area contributed by atoms with E-state index in [9.17, 15) is 26.7 Å². The average molecular weight is 329 g/mol. The van der Waals surface area contributed by atoms with Crippen molar-refractivity contribution >= 4 is 5.78 Å². The number of aromatic nitrogens is 1. The highest BCUT2D eigenvalue weighted by atomic mass is 19.3. The van der Waals surface area contributed by atoms with Gasteiger partial charge in [-0.2, -0.15) is 8.78 Å². The van der Waals surface area contributed by atoms with Gasteiger partial charge in [-0.05, 0) is 42.3 Å². The lowest BCUT2D eigenvalue weighted by Gasteiger charge is -2.24. The first-order valence-electron chi connectivity index (χ1n) is 6.93. The molecule has 0 spiro atoms. The molecule has 0 atom stereocenters. The van der Waals surface area contributed by atoms with Crippen LogP contribution in [-0.4, -0.2) is 16.3 Å². The summed E-state index contributed by atoms with van der Waals surface area (Å²) in [6.45, 7) is 1.39. The Kier molecular flexibility index (Phi) is 3.54. The molecular formula is C16H12F5NO. The topological polar surface area (TPSA) is 22.0 Å². The fourth-order valence-electron chi connectivity index (χ4n) is 2.87. The molecule has 3 rings (SSSR count). The van der Waals surface area contributed by atoms with Crippen molar-refractivity contribution in [1.29, 1.82) is 0 Å². The zero-order valence-corrected chi connectivity index (χ0v) is 12.0. The summed E-state index contributed by atoms with van der Waals surface area (Å²) in [4.78, 5) is 11.9. The van der Waals surface area contributed by atoms with Crippen molar-refractivity contribution in [3.63, 3.8) is 0 Å². The lowest BCUT2D eigenvalue weighted by atomic mass is 10.0. The molecule has 0 bridgehead atoms. The summed E-state index contributed by atoms with van der Waals surface area (Å²) in [7, 11) is 0. The second kappa shape index (κ2) is 5.18. The smallest absolute Gasteiger partial charge is 0.313 e. The van der Waals surface area contributed by atoms with Crippen LogP contribution in [0.25, 0.3) is 11.3 Å². The van der Waals surface area contributed by atoms with Crippen molar-refractivity contribution in [2.45, 2.75) is 32.2 Å². The maximum atomic E-state index is 13.6. The Labute approximate surface area is 128 Å². The molecule has 0 N–H and O–H groups in total. The van der Waals surface area contributed by atoms with E-state index in [4.69, 9.17) is 0 Å². The molecule has 0 saturated carbocycles. The van der Waals surface area contributed by atoms with E-state index >= 15 is 0 Å². The molecule has 1 aromatic carbocycles. The molecule has 1 aromatic heterocycles. The van der Waals surface area contributed by atoms with E-state index in [0.717, 1.165) is 12.1 Å². The highest BCUT2D eigenvalue weighted by molar-refractivity contribution is 6.02. The minimum absolute atomic E-state index is 0.112. The summed E-state index contributed by atoms with van der Waals surface area (Å²) in [6.07, 6.45) is -3.64. The molecule has 0 aliphatic carbocycles. The van der Waals surface area contributed by atoms with Crippen molar-refractivity contribution in [1.82, 2.24) is 4.57 Å². The maximum absolute atomic E-state index is 13.6. The largest absolute Gasteiger partial charge is 0.337 e. The van der Waals surface area contributed by atoms with Gasteiger partial charge in [0, 0.05) is 18.7 Å². The van der Waals surface area contributed by atoms with E-state index in [1.807, 2.05) is 0 Å². The summed E-state index contributed by atoms with van der Waals surface area (Å²) in [5.74, 6) is -5.73. The Morgan fingerprint density at radius 3 is 2.57 bits per heavy atom. The number of aryl methyl sites for hydroxylation is 1. The molecule has 1 aliphatic rings. The summed E-state index contributed by atoms with van der Waals surface area (Å²) >= 11 is 0. The standard InChI is InChI=1S/C16H12F5NO/c1-8-6-12(9-2-3-11(17)10(7-9)15(18)19)22-5-4-16(20,21)14(23)13(8)22/h2-3,6-7,15H,4-5H2,1H3. The Morgan fingerprint density at radius 1 is 1.22 bits per heavy atom. The van der Waals surface area contributed by atoms with Crippen molar-refractivity contribution in [3.05, 3.63) is 46.9 Å². The first kappa shape index (κ1) is 15.7. The van der Waals surface area contributed by atoms with E-state index in [0.29, 0.717) is 11.3 Å². The van der Waals surface area contributed by atoms with Gasteiger partial charge in [-0.15, -0.1) is 0 Å². The molecule has 0 amide bonds. The molecule has 0 unspecified atom stereocenters. The van der Waals surface area contributed by atoms with Crippen LogP contribution in [0.15, 0.2) is 24.3 Å². The number of alkyl halides is 4. The van der Waals surface area contributed by atoms with Crippen LogP contribution in [-0.2, 0) is 6.54 Å². The number of hydrogen-bond donors (Lipinski definition) is 0. The molecule has 2 nitrogen and oxygen atoms in total. The van der Waals surface area contributed by atoms with Crippen molar-refractivity contribution < 1.29 is 26.7 Å². The number of rotatable bonds is 2. The van der Waals surface area contributed by atoms with Crippen LogP contribution in [0.2, 0.25) is 0 Å². The monoisotopic (exact) mass is 329 g/mol. The van der Waals surface area contributed by atoms with Crippen molar-refractivity contribution in [2.75, 3.05) is 0 Å². The number of hydrogen-bond acceptors (Lipinski definition) is 1. The number of halogens is 5. The van der Waals surface area contributed by atoms with Crippen LogP contribution >= 0.6 is 0 Å². The summed E-state index contributed by atoms with van der Waals surface area (Å²) in [6, 6.07) is 4.67. The highest BCUT2D eigenvalue weighted by Gasteiger charge is 2.45.